The fourth-order valence-corrected chi connectivity index (χ4v) is 1.99. The van der Waals surface area contributed by atoms with E-state index in [9.17, 15) is 0 Å². The van der Waals surface area contributed by atoms with Gasteiger partial charge in [0.2, 0.25) is 0 Å². The van der Waals surface area contributed by atoms with E-state index in [1.165, 1.54) is 10.9 Å². The van der Waals surface area contributed by atoms with Gasteiger partial charge in [0.15, 0.2) is 0 Å². The highest BCUT2D eigenvalue weighted by Crippen LogP contribution is 2.17. The first-order chi connectivity index (χ1) is 8.31. The maximum atomic E-state index is 5.47. The fourth-order valence-electron chi connectivity index (χ4n) is 1.99. The van der Waals surface area contributed by atoms with E-state index in [-0.39, 0.29) is 0 Å². The first-order valence-corrected chi connectivity index (χ1v) is 6.07. The highest BCUT2D eigenvalue weighted by molar-refractivity contribution is 5.82. The van der Waals surface area contributed by atoms with E-state index < -0.39 is 0 Å². The number of hydrogen-bond acceptors (Lipinski definition) is 3. The molecule has 2 aromatic rings. The Hall–Kier alpha value is -1.45. The third kappa shape index (κ3) is 3.02. The van der Waals surface area contributed by atoms with Crippen molar-refractivity contribution in [1.29, 1.82) is 0 Å². The van der Waals surface area contributed by atoms with Crippen LogP contribution in [0, 0.1) is 6.92 Å². The third-order valence-corrected chi connectivity index (χ3v) is 2.80. The topological polar surface area (TPSA) is 50.9 Å². The molecule has 0 atom stereocenters. The summed E-state index contributed by atoms with van der Waals surface area (Å²) >= 11 is 0. The van der Waals surface area contributed by atoms with Crippen LogP contribution < -0.4 is 11.1 Å². The number of aryl methyl sites for hydroxylation is 1. The first kappa shape index (κ1) is 12.0. The van der Waals surface area contributed by atoms with Crippen LogP contribution in [-0.2, 0) is 6.54 Å². The number of pyridine rings is 1. The average molecular weight is 229 g/mol. The Kier molecular flexibility index (Phi) is 4.07. The summed E-state index contributed by atoms with van der Waals surface area (Å²) in [6.07, 6.45) is 1.02. The molecular formula is C14H19N3. The van der Waals surface area contributed by atoms with E-state index in [2.05, 4.69) is 34.6 Å². The normalized spacial score (nSPS) is 10.9. The van der Waals surface area contributed by atoms with Crippen molar-refractivity contribution >= 4 is 10.9 Å². The third-order valence-electron chi connectivity index (χ3n) is 2.80. The van der Waals surface area contributed by atoms with Crippen molar-refractivity contribution in [2.75, 3.05) is 13.1 Å². The molecule has 3 nitrogen and oxygen atoms in total. The summed E-state index contributed by atoms with van der Waals surface area (Å²) < 4.78 is 0. The second-order valence-electron chi connectivity index (χ2n) is 4.26. The molecule has 0 radical (unpaired) electrons. The number of fused-ring (bicyclic) bond motifs is 1. The van der Waals surface area contributed by atoms with Crippen LogP contribution in [0.1, 0.15) is 17.7 Å². The predicted molar refractivity (Wildman–Crippen MR) is 71.9 cm³/mol. The Morgan fingerprint density at radius 3 is 2.94 bits per heavy atom. The maximum absolute atomic E-state index is 5.47. The summed E-state index contributed by atoms with van der Waals surface area (Å²) in [6, 6.07) is 10.4. The minimum Gasteiger partial charge on any atom is -0.330 e. The quantitative estimate of drug-likeness (QED) is 0.771. The lowest BCUT2D eigenvalue weighted by Gasteiger charge is -2.08. The molecule has 0 saturated heterocycles. The van der Waals surface area contributed by atoms with Crippen LogP contribution >= 0.6 is 0 Å². The van der Waals surface area contributed by atoms with E-state index >= 15 is 0 Å². The van der Waals surface area contributed by atoms with Crippen molar-refractivity contribution in [1.82, 2.24) is 10.3 Å². The lowest BCUT2D eigenvalue weighted by atomic mass is 10.1. The molecule has 0 spiro atoms. The van der Waals surface area contributed by atoms with Crippen molar-refractivity contribution in [3.8, 4) is 0 Å². The molecule has 0 saturated carbocycles. The molecule has 3 N–H and O–H groups in total. The summed E-state index contributed by atoms with van der Waals surface area (Å²) in [5.74, 6) is 0. The molecule has 90 valence electrons. The van der Waals surface area contributed by atoms with E-state index in [4.69, 9.17) is 5.73 Å². The summed E-state index contributed by atoms with van der Waals surface area (Å²) in [4.78, 5) is 4.53. The number of nitrogens with zero attached hydrogens (tertiary/aromatic N) is 1. The van der Waals surface area contributed by atoms with Gasteiger partial charge < -0.3 is 11.1 Å². The number of nitrogens with two attached hydrogens (primary N) is 1. The number of hydrogen-bond donors (Lipinski definition) is 2. The van der Waals surface area contributed by atoms with Crippen LogP contribution in [0.15, 0.2) is 30.3 Å². The van der Waals surface area contributed by atoms with E-state index in [0.29, 0.717) is 0 Å². The van der Waals surface area contributed by atoms with Gasteiger partial charge in [0.25, 0.3) is 0 Å². The van der Waals surface area contributed by atoms with Crippen molar-refractivity contribution in [3.05, 3.63) is 41.6 Å². The molecule has 0 aliphatic carbocycles. The van der Waals surface area contributed by atoms with E-state index in [1.54, 1.807) is 0 Å². The van der Waals surface area contributed by atoms with Crippen LogP contribution in [0.2, 0.25) is 0 Å². The van der Waals surface area contributed by atoms with Crippen LogP contribution in [0.5, 0.6) is 0 Å². The zero-order valence-electron chi connectivity index (χ0n) is 10.2. The number of aromatic nitrogens is 1. The molecule has 1 aromatic heterocycles. The Morgan fingerprint density at radius 1 is 1.29 bits per heavy atom. The van der Waals surface area contributed by atoms with E-state index in [0.717, 1.165) is 37.3 Å². The summed E-state index contributed by atoms with van der Waals surface area (Å²) in [7, 11) is 0. The number of nitrogens with one attached hydrogen (secondary N) is 1. The van der Waals surface area contributed by atoms with Crippen LogP contribution in [-0.4, -0.2) is 18.1 Å². The Morgan fingerprint density at radius 2 is 2.12 bits per heavy atom. The van der Waals surface area contributed by atoms with Gasteiger partial charge >= 0.3 is 0 Å². The van der Waals surface area contributed by atoms with Gasteiger partial charge in [-0.3, -0.25) is 4.98 Å². The molecule has 3 heteroatoms. The second kappa shape index (κ2) is 5.75. The molecule has 0 amide bonds. The molecular weight excluding hydrogens is 210 g/mol. The lowest BCUT2D eigenvalue weighted by molar-refractivity contribution is 0.657. The predicted octanol–water partition coefficient (Wildman–Crippen LogP) is 1.98. The molecule has 0 aliphatic heterocycles. The van der Waals surface area contributed by atoms with Gasteiger partial charge in [-0.15, -0.1) is 0 Å². The highest BCUT2D eigenvalue weighted by atomic mass is 14.9. The maximum Gasteiger partial charge on any atom is 0.0708 e. The minimum absolute atomic E-state index is 0.739. The van der Waals surface area contributed by atoms with Crippen LogP contribution in [0.3, 0.4) is 0 Å². The van der Waals surface area contributed by atoms with Gasteiger partial charge in [-0.25, -0.2) is 0 Å². The summed E-state index contributed by atoms with van der Waals surface area (Å²) in [5, 5.41) is 4.65. The fraction of sp³-hybridized carbons (Fsp3) is 0.357. The van der Waals surface area contributed by atoms with Gasteiger partial charge in [-0.1, -0.05) is 18.2 Å². The number of para-hydroxylation sites is 1. The van der Waals surface area contributed by atoms with Crippen LogP contribution in [0.4, 0.5) is 0 Å². The molecule has 0 bridgehead atoms. The molecule has 17 heavy (non-hydrogen) atoms. The first-order valence-electron chi connectivity index (χ1n) is 6.07. The van der Waals surface area contributed by atoms with Crippen molar-refractivity contribution in [2.45, 2.75) is 19.9 Å². The standard InChI is InChI=1S/C14H19N3/c1-11-9-12(10-16-8-4-7-15)13-5-2-3-6-14(13)17-11/h2-3,5-6,9,16H,4,7-8,10,15H2,1H3. The minimum atomic E-state index is 0.739. The van der Waals surface area contributed by atoms with E-state index in [1.807, 2.05) is 13.0 Å². The molecule has 0 unspecified atom stereocenters. The Bertz CT molecular complexity index is 494. The number of benzene rings is 1. The van der Waals surface area contributed by atoms with Gasteiger partial charge in [0, 0.05) is 17.6 Å². The SMILES string of the molecule is Cc1cc(CNCCCN)c2ccccc2n1. The zero-order chi connectivity index (χ0) is 12.1. The summed E-state index contributed by atoms with van der Waals surface area (Å²) in [6.45, 7) is 4.62. The van der Waals surface area contributed by atoms with Gasteiger partial charge in [0.05, 0.1) is 5.52 Å². The second-order valence-corrected chi connectivity index (χ2v) is 4.26. The molecule has 1 heterocycles. The Labute approximate surface area is 102 Å². The highest BCUT2D eigenvalue weighted by Gasteiger charge is 2.02. The molecule has 1 aromatic carbocycles. The average Bonchev–Trinajstić information content (AvgIpc) is 2.34. The van der Waals surface area contributed by atoms with Gasteiger partial charge in [-0.2, -0.15) is 0 Å². The monoisotopic (exact) mass is 229 g/mol. The van der Waals surface area contributed by atoms with Crippen molar-refractivity contribution in [2.24, 2.45) is 5.73 Å². The smallest absolute Gasteiger partial charge is 0.0708 e. The summed E-state index contributed by atoms with van der Waals surface area (Å²) in [5.41, 5.74) is 8.92. The van der Waals surface area contributed by atoms with Gasteiger partial charge in [0.1, 0.15) is 0 Å². The van der Waals surface area contributed by atoms with Crippen molar-refractivity contribution < 1.29 is 0 Å². The lowest BCUT2D eigenvalue weighted by Crippen LogP contribution is -2.18. The van der Waals surface area contributed by atoms with Gasteiger partial charge in [-0.05, 0) is 44.1 Å². The Balaban J connectivity index is 2.20. The molecule has 2 rings (SSSR count). The largest absolute Gasteiger partial charge is 0.330 e. The molecule has 0 fully saturated rings. The zero-order valence-corrected chi connectivity index (χ0v) is 10.2. The number of rotatable bonds is 5. The van der Waals surface area contributed by atoms with Crippen molar-refractivity contribution in [3.63, 3.8) is 0 Å². The van der Waals surface area contributed by atoms with Crippen LogP contribution in [0.25, 0.3) is 10.9 Å². The molecule has 0 aliphatic rings.